The molecule has 0 aliphatic rings. The van der Waals surface area contributed by atoms with Gasteiger partial charge in [-0.05, 0) is 12.8 Å². The lowest BCUT2D eigenvalue weighted by Gasteiger charge is -2.12. The Morgan fingerprint density at radius 1 is 1.31 bits per heavy atom. The molecule has 0 aliphatic carbocycles. The molecule has 1 aromatic heterocycles. The van der Waals surface area contributed by atoms with Crippen molar-refractivity contribution in [2.45, 2.75) is 46.1 Å². The van der Waals surface area contributed by atoms with Crippen LogP contribution < -0.4 is 5.32 Å². The van der Waals surface area contributed by atoms with Gasteiger partial charge in [0.05, 0.1) is 0 Å². The van der Waals surface area contributed by atoms with E-state index in [2.05, 4.69) is 35.4 Å². The molecule has 0 bridgehead atoms. The lowest BCUT2D eigenvalue weighted by atomic mass is 10.2. The van der Waals surface area contributed by atoms with Crippen LogP contribution in [0.5, 0.6) is 0 Å². The maximum atomic E-state index is 4.36. The van der Waals surface area contributed by atoms with Crippen molar-refractivity contribution in [1.29, 1.82) is 0 Å². The molecule has 0 saturated carbocycles. The first-order valence-electron chi connectivity index (χ1n) is 4.89. The predicted octanol–water partition coefficient (Wildman–Crippen LogP) is 2.70. The molecule has 0 aliphatic heterocycles. The van der Waals surface area contributed by atoms with Gasteiger partial charge < -0.3 is 5.32 Å². The molecule has 0 aromatic carbocycles. The fourth-order valence-corrected chi connectivity index (χ4v) is 1.85. The molecule has 74 valence electrons. The number of nitrogens with one attached hydrogen (secondary N) is 1. The summed E-state index contributed by atoms with van der Waals surface area (Å²) in [5, 5.41) is 4.34. The highest BCUT2D eigenvalue weighted by Crippen LogP contribution is 2.14. The number of anilines is 1. The highest BCUT2D eigenvalue weighted by molar-refractivity contribution is 7.09. The Kier molecular flexibility index (Phi) is 4.15. The van der Waals surface area contributed by atoms with Gasteiger partial charge in [0.15, 0.2) is 0 Å². The van der Waals surface area contributed by atoms with E-state index in [-0.39, 0.29) is 0 Å². The molecule has 0 fully saturated rings. The van der Waals surface area contributed by atoms with E-state index in [0.29, 0.717) is 6.04 Å². The molecule has 0 radical (unpaired) electrons. The van der Waals surface area contributed by atoms with Crippen molar-refractivity contribution < 1.29 is 0 Å². The van der Waals surface area contributed by atoms with Crippen LogP contribution >= 0.6 is 11.5 Å². The van der Waals surface area contributed by atoms with Crippen LogP contribution in [0.4, 0.5) is 5.13 Å². The van der Waals surface area contributed by atoms with Crippen LogP contribution in [0.15, 0.2) is 0 Å². The minimum Gasteiger partial charge on any atom is -0.358 e. The number of hydrogen-bond donors (Lipinski definition) is 1. The lowest BCUT2D eigenvalue weighted by molar-refractivity contribution is 0.670. The Hall–Kier alpha value is -0.640. The number of aryl methyl sites for hydroxylation is 1. The van der Waals surface area contributed by atoms with Crippen molar-refractivity contribution in [1.82, 2.24) is 9.36 Å². The van der Waals surface area contributed by atoms with Crippen molar-refractivity contribution in [2.75, 3.05) is 5.32 Å². The summed E-state index contributed by atoms with van der Waals surface area (Å²) in [4.78, 5) is 4.36. The van der Waals surface area contributed by atoms with Crippen LogP contribution in [0.1, 0.15) is 39.4 Å². The van der Waals surface area contributed by atoms with E-state index in [4.69, 9.17) is 0 Å². The maximum absolute atomic E-state index is 4.36. The number of hydrogen-bond acceptors (Lipinski definition) is 4. The smallest absolute Gasteiger partial charge is 0.202 e. The van der Waals surface area contributed by atoms with Gasteiger partial charge in [-0.15, -0.1) is 0 Å². The highest BCUT2D eigenvalue weighted by Gasteiger charge is 2.06. The average Bonchev–Trinajstić information content (AvgIpc) is 2.61. The van der Waals surface area contributed by atoms with Gasteiger partial charge in [-0.2, -0.15) is 4.37 Å². The normalized spacial score (nSPS) is 10.8. The minimum absolute atomic E-state index is 0.539. The maximum Gasteiger partial charge on any atom is 0.202 e. The first-order valence-corrected chi connectivity index (χ1v) is 5.66. The van der Waals surface area contributed by atoms with Gasteiger partial charge >= 0.3 is 0 Å². The molecule has 0 spiro atoms. The van der Waals surface area contributed by atoms with Crippen molar-refractivity contribution in [3.63, 3.8) is 0 Å². The summed E-state index contributed by atoms with van der Waals surface area (Å²) in [6.07, 6.45) is 3.19. The van der Waals surface area contributed by atoms with Crippen molar-refractivity contribution in [3.8, 4) is 0 Å². The molecule has 13 heavy (non-hydrogen) atoms. The second kappa shape index (κ2) is 5.17. The topological polar surface area (TPSA) is 37.8 Å². The quantitative estimate of drug-likeness (QED) is 0.792. The zero-order chi connectivity index (χ0) is 9.68. The summed E-state index contributed by atoms with van der Waals surface area (Å²) in [6.45, 7) is 6.44. The minimum atomic E-state index is 0.539. The molecule has 3 nitrogen and oxygen atoms in total. The van der Waals surface area contributed by atoms with Crippen molar-refractivity contribution >= 4 is 16.7 Å². The van der Waals surface area contributed by atoms with E-state index in [1.807, 2.05) is 0 Å². The third-order valence-electron chi connectivity index (χ3n) is 2.10. The Balaban J connectivity index is 2.52. The van der Waals surface area contributed by atoms with Gasteiger partial charge in [-0.3, -0.25) is 0 Å². The summed E-state index contributed by atoms with van der Waals surface area (Å²) >= 11 is 1.46. The summed E-state index contributed by atoms with van der Waals surface area (Å²) in [6, 6.07) is 0.539. The molecule has 1 heterocycles. The first-order chi connectivity index (χ1) is 6.30. The van der Waals surface area contributed by atoms with Gasteiger partial charge in [0.2, 0.25) is 5.13 Å². The van der Waals surface area contributed by atoms with Crippen LogP contribution in [-0.2, 0) is 6.42 Å². The van der Waals surface area contributed by atoms with Crippen LogP contribution in [0.2, 0.25) is 0 Å². The largest absolute Gasteiger partial charge is 0.358 e. The second-order valence-corrected chi connectivity index (χ2v) is 3.78. The highest BCUT2D eigenvalue weighted by atomic mass is 32.1. The molecule has 1 rings (SSSR count). The van der Waals surface area contributed by atoms with Gasteiger partial charge in [0.1, 0.15) is 5.82 Å². The molecule has 0 saturated heterocycles. The van der Waals surface area contributed by atoms with Crippen LogP contribution in [0.25, 0.3) is 0 Å². The van der Waals surface area contributed by atoms with Crippen molar-refractivity contribution in [2.24, 2.45) is 0 Å². The monoisotopic (exact) mass is 199 g/mol. The summed E-state index contributed by atoms with van der Waals surface area (Å²) in [5.74, 6) is 0.943. The number of nitrogens with zero attached hydrogens (tertiary/aromatic N) is 2. The Morgan fingerprint density at radius 3 is 2.46 bits per heavy atom. The fraction of sp³-hybridized carbons (Fsp3) is 0.778. The molecule has 0 unspecified atom stereocenters. The summed E-state index contributed by atoms with van der Waals surface area (Å²) < 4.78 is 4.22. The van der Waals surface area contributed by atoms with Crippen LogP contribution in [0, 0.1) is 0 Å². The van der Waals surface area contributed by atoms with Crippen molar-refractivity contribution in [3.05, 3.63) is 5.82 Å². The zero-order valence-electron chi connectivity index (χ0n) is 8.50. The van der Waals surface area contributed by atoms with E-state index in [1.165, 1.54) is 11.5 Å². The van der Waals surface area contributed by atoms with E-state index in [1.54, 1.807) is 0 Å². The first kappa shape index (κ1) is 10.4. The molecule has 1 aromatic rings. The standard InChI is InChI=1S/C9H17N3S/c1-4-7(5-2)10-9-11-8(6-3)12-13-9/h7H,4-6H2,1-3H3,(H,10,11,12). The van der Waals surface area contributed by atoms with Gasteiger partial charge in [-0.1, -0.05) is 20.8 Å². The average molecular weight is 199 g/mol. The molecule has 1 N–H and O–H groups in total. The summed E-state index contributed by atoms with van der Waals surface area (Å²) in [5.41, 5.74) is 0. The Morgan fingerprint density at radius 2 is 2.00 bits per heavy atom. The summed E-state index contributed by atoms with van der Waals surface area (Å²) in [7, 11) is 0. The lowest BCUT2D eigenvalue weighted by Crippen LogP contribution is -2.16. The molecule has 4 heteroatoms. The van der Waals surface area contributed by atoms with Crippen LogP contribution in [0.3, 0.4) is 0 Å². The van der Waals surface area contributed by atoms with Crippen LogP contribution in [-0.4, -0.2) is 15.4 Å². The SMILES string of the molecule is CCc1nsc(NC(CC)CC)n1. The Labute approximate surface area is 83.8 Å². The van der Waals surface area contributed by atoms with Gasteiger partial charge in [0.25, 0.3) is 0 Å². The third kappa shape index (κ3) is 2.95. The number of aromatic nitrogens is 2. The van der Waals surface area contributed by atoms with E-state index >= 15 is 0 Å². The van der Waals surface area contributed by atoms with Gasteiger partial charge in [0, 0.05) is 24.0 Å². The third-order valence-corrected chi connectivity index (χ3v) is 2.78. The molecular weight excluding hydrogens is 182 g/mol. The predicted molar refractivity (Wildman–Crippen MR) is 57.3 cm³/mol. The zero-order valence-corrected chi connectivity index (χ0v) is 9.32. The fourth-order valence-electron chi connectivity index (χ4n) is 1.12. The number of rotatable bonds is 5. The van der Waals surface area contributed by atoms with E-state index in [9.17, 15) is 0 Å². The molecular formula is C9H17N3S. The second-order valence-electron chi connectivity index (χ2n) is 3.03. The Bertz CT molecular complexity index is 243. The van der Waals surface area contributed by atoms with E-state index < -0.39 is 0 Å². The molecule has 0 atom stereocenters. The van der Waals surface area contributed by atoms with E-state index in [0.717, 1.165) is 30.2 Å². The van der Waals surface area contributed by atoms with Gasteiger partial charge in [-0.25, -0.2) is 4.98 Å². The molecule has 0 amide bonds.